The van der Waals surface area contributed by atoms with Gasteiger partial charge >= 0.3 is 0 Å². The van der Waals surface area contributed by atoms with E-state index in [-0.39, 0.29) is 10.6 Å². The topological polar surface area (TPSA) is 29.1 Å². The maximum absolute atomic E-state index is 14.1. The van der Waals surface area contributed by atoms with Crippen molar-refractivity contribution in [3.8, 4) is 0 Å². The molecule has 0 saturated heterocycles. The molecule has 1 N–H and O–H groups in total. The number of alkyl halides is 2. The molecule has 0 spiro atoms. The average molecular weight is 310 g/mol. The first kappa shape index (κ1) is 15.4. The summed E-state index contributed by atoms with van der Waals surface area (Å²) in [5.41, 5.74) is 0.847. The fourth-order valence-corrected chi connectivity index (χ4v) is 2.27. The van der Waals surface area contributed by atoms with Crippen LogP contribution in [0.5, 0.6) is 0 Å². The number of benzene rings is 2. The molecule has 2 rings (SSSR count). The zero-order chi connectivity index (χ0) is 15.5. The summed E-state index contributed by atoms with van der Waals surface area (Å²) in [7, 11) is 0. The van der Waals surface area contributed by atoms with Crippen molar-refractivity contribution in [1.29, 1.82) is 0 Å². The summed E-state index contributed by atoms with van der Waals surface area (Å²) in [4.78, 5) is 11.8. The van der Waals surface area contributed by atoms with E-state index in [0.29, 0.717) is 5.56 Å². The minimum absolute atomic E-state index is 0.00559. The minimum atomic E-state index is -3.23. The molecule has 0 unspecified atom stereocenters. The summed E-state index contributed by atoms with van der Waals surface area (Å²) in [6.45, 7) is 0.967. The number of rotatable bonds is 4. The van der Waals surface area contributed by atoms with E-state index in [9.17, 15) is 13.6 Å². The quantitative estimate of drug-likeness (QED) is 0.902. The van der Waals surface area contributed by atoms with Crippen molar-refractivity contribution in [3.05, 3.63) is 70.2 Å². The Hall–Kier alpha value is -1.94. The highest BCUT2D eigenvalue weighted by atomic mass is 35.5. The third kappa shape index (κ3) is 3.79. The maximum Gasteiger partial charge on any atom is 0.291 e. The monoisotopic (exact) mass is 309 g/mol. The van der Waals surface area contributed by atoms with Crippen molar-refractivity contribution in [2.45, 2.75) is 12.8 Å². The second-order valence-corrected chi connectivity index (χ2v) is 5.14. The Morgan fingerprint density at radius 3 is 2.48 bits per heavy atom. The van der Waals surface area contributed by atoms with E-state index in [1.54, 1.807) is 43.3 Å². The van der Waals surface area contributed by atoms with Crippen LogP contribution in [0.2, 0.25) is 5.02 Å². The number of aryl methyl sites for hydroxylation is 1. The largest absolute Gasteiger partial charge is 0.346 e. The number of halogens is 3. The molecule has 1 amide bonds. The molecule has 0 radical (unpaired) electrons. The van der Waals surface area contributed by atoms with Crippen molar-refractivity contribution < 1.29 is 13.6 Å². The van der Waals surface area contributed by atoms with Gasteiger partial charge in [0.2, 0.25) is 0 Å². The zero-order valence-corrected chi connectivity index (χ0v) is 12.1. The lowest BCUT2D eigenvalue weighted by atomic mass is 10.1. The van der Waals surface area contributed by atoms with Crippen LogP contribution in [0.3, 0.4) is 0 Å². The third-order valence-corrected chi connectivity index (χ3v) is 3.34. The Bertz CT molecular complexity index is 644. The lowest BCUT2D eigenvalue weighted by Gasteiger charge is -2.19. The van der Waals surface area contributed by atoms with E-state index in [0.717, 1.165) is 5.56 Å². The second kappa shape index (κ2) is 6.22. The molecule has 0 aliphatic heterocycles. The van der Waals surface area contributed by atoms with Crippen molar-refractivity contribution in [2.75, 3.05) is 6.54 Å². The second-order valence-electron chi connectivity index (χ2n) is 4.74. The van der Waals surface area contributed by atoms with Gasteiger partial charge in [-0.3, -0.25) is 4.79 Å². The number of nitrogens with one attached hydrogen (secondary N) is 1. The van der Waals surface area contributed by atoms with Gasteiger partial charge in [0.25, 0.3) is 11.8 Å². The van der Waals surface area contributed by atoms with E-state index in [1.165, 1.54) is 12.1 Å². The van der Waals surface area contributed by atoms with Crippen LogP contribution in [0.1, 0.15) is 21.5 Å². The first-order valence-corrected chi connectivity index (χ1v) is 6.75. The Balaban J connectivity index is 2.09. The van der Waals surface area contributed by atoms with Crippen LogP contribution in [-0.4, -0.2) is 12.5 Å². The number of carbonyl (C=O) groups excluding carboxylic acids is 1. The fraction of sp³-hybridized carbons (Fsp3) is 0.188. The molecule has 21 heavy (non-hydrogen) atoms. The predicted octanol–water partition coefficient (Wildman–Crippen LogP) is 4.17. The number of amides is 1. The average Bonchev–Trinajstić information content (AvgIpc) is 2.45. The SMILES string of the molecule is Cc1ccc(C(F)(F)CNC(=O)c2ccccc2)c(Cl)c1. The third-order valence-electron chi connectivity index (χ3n) is 3.03. The van der Waals surface area contributed by atoms with Crippen LogP contribution in [0.25, 0.3) is 0 Å². The maximum atomic E-state index is 14.1. The Morgan fingerprint density at radius 2 is 1.86 bits per heavy atom. The number of hydrogen-bond donors (Lipinski definition) is 1. The summed E-state index contributed by atoms with van der Waals surface area (Å²) in [5.74, 6) is -3.77. The van der Waals surface area contributed by atoms with Gasteiger partial charge in [0.05, 0.1) is 11.6 Å². The molecular weight excluding hydrogens is 296 g/mol. The molecule has 0 aromatic heterocycles. The van der Waals surface area contributed by atoms with Gasteiger partial charge in [-0.2, -0.15) is 8.78 Å². The zero-order valence-electron chi connectivity index (χ0n) is 11.4. The van der Waals surface area contributed by atoms with Gasteiger partial charge in [-0.25, -0.2) is 0 Å². The highest BCUT2D eigenvalue weighted by molar-refractivity contribution is 6.31. The van der Waals surface area contributed by atoms with E-state index < -0.39 is 18.4 Å². The van der Waals surface area contributed by atoms with Crippen molar-refractivity contribution in [2.24, 2.45) is 0 Å². The molecule has 2 aromatic rings. The Labute approximate surface area is 126 Å². The molecule has 5 heteroatoms. The van der Waals surface area contributed by atoms with Crippen LogP contribution in [0.15, 0.2) is 48.5 Å². The molecular formula is C16H14ClF2NO. The van der Waals surface area contributed by atoms with E-state index >= 15 is 0 Å². The number of carbonyl (C=O) groups is 1. The predicted molar refractivity (Wildman–Crippen MR) is 78.9 cm³/mol. The van der Waals surface area contributed by atoms with Crippen molar-refractivity contribution in [1.82, 2.24) is 5.32 Å². The van der Waals surface area contributed by atoms with E-state index in [4.69, 9.17) is 11.6 Å². The minimum Gasteiger partial charge on any atom is -0.346 e. The summed E-state index contributed by atoms with van der Waals surface area (Å²) < 4.78 is 28.3. The van der Waals surface area contributed by atoms with Crippen LogP contribution >= 0.6 is 11.6 Å². The molecule has 0 bridgehead atoms. The summed E-state index contributed by atoms with van der Waals surface area (Å²) in [6.07, 6.45) is 0. The molecule has 0 fully saturated rings. The van der Waals surface area contributed by atoms with Crippen molar-refractivity contribution in [3.63, 3.8) is 0 Å². The van der Waals surface area contributed by atoms with E-state index in [1.807, 2.05) is 0 Å². The molecule has 2 aromatic carbocycles. The Kier molecular flexibility index (Phi) is 4.58. The smallest absolute Gasteiger partial charge is 0.291 e. The van der Waals surface area contributed by atoms with Gasteiger partial charge < -0.3 is 5.32 Å². The molecule has 0 saturated carbocycles. The van der Waals surface area contributed by atoms with Crippen LogP contribution in [0, 0.1) is 6.92 Å². The van der Waals surface area contributed by atoms with Gasteiger partial charge in [-0.1, -0.05) is 41.9 Å². The van der Waals surface area contributed by atoms with Gasteiger partial charge in [-0.15, -0.1) is 0 Å². The molecule has 0 heterocycles. The highest BCUT2D eigenvalue weighted by Gasteiger charge is 2.34. The molecule has 2 nitrogen and oxygen atoms in total. The standard InChI is InChI=1S/C16H14ClF2NO/c1-11-7-8-13(14(17)9-11)16(18,19)10-20-15(21)12-5-3-2-4-6-12/h2-9H,10H2,1H3,(H,20,21). The summed E-state index contributed by atoms with van der Waals surface area (Å²) in [5, 5.41) is 2.23. The molecule has 110 valence electrons. The summed E-state index contributed by atoms with van der Waals surface area (Å²) >= 11 is 5.85. The van der Waals surface area contributed by atoms with Crippen LogP contribution < -0.4 is 5.32 Å². The van der Waals surface area contributed by atoms with Crippen molar-refractivity contribution >= 4 is 17.5 Å². The lowest BCUT2D eigenvalue weighted by Crippen LogP contribution is -2.35. The normalized spacial score (nSPS) is 11.2. The van der Waals surface area contributed by atoms with E-state index in [2.05, 4.69) is 5.32 Å². The Morgan fingerprint density at radius 1 is 1.19 bits per heavy atom. The molecule has 0 aliphatic carbocycles. The molecule has 0 aliphatic rings. The number of hydrogen-bond acceptors (Lipinski definition) is 1. The van der Waals surface area contributed by atoms with Crippen LogP contribution in [0.4, 0.5) is 8.78 Å². The van der Waals surface area contributed by atoms with Gasteiger partial charge in [-0.05, 0) is 30.7 Å². The molecule has 0 atom stereocenters. The summed E-state index contributed by atoms with van der Waals surface area (Å²) in [6, 6.07) is 12.5. The van der Waals surface area contributed by atoms with Gasteiger partial charge in [0.1, 0.15) is 0 Å². The fourth-order valence-electron chi connectivity index (χ4n) is 1.89. The highest BCUT2D eigenvalue weighted by Crippen LogP contribution is 2.33. The van der Waals surface area contributed by atoms with Crippen LogP contribution in [-0.2, 0) is 5.92 Å². The first-order valence-electron chi connectivity index (χ1n) is 6.38. The lowest BCUT2D eigenvalue weighted by molar-refractivity contribution is -0.00237. The first-order chi connectivity index (χ1) is 9.90. The van der Waals surface area contributed by atoms with Gasteiger partial charge in [0, 0.05) is 11.1 Å². The van der Waals surface area contributed by atoms with Gasteiger partial charge in [0.15, 0.2) is 0 Å².